The first-order valence-corrected chi connectivity index (χ1v) is 9.49. The zero-order valence-corrected chi connectivity index (χ0v) is 19.9. The maximum Gasteiger partial charge on any atom is 0.191 e. The molecule has 0 heterocycles. The molecule has 0 atom stereocenters. The minimum absolute atomic E-state index is 0. The summed E-state index contributed by atoms with van der Waals surface area (Å²) in [6, 6.07) is 11.3. The highest BCUT2D eigenvalue weighted by atomic mass is 127. The Morgan fingerprint density at radius 3 is 2.52 bits per heavy atom. The summed E-state index contributed by atoms with van der Waals surface area (Å²) in [5.74, 6) is 1.38. The van der Waals surface area contributed by atoms with Gasteiger partial charge in [0.15, 0.2) is 5.96 Å². The first-order chi connectivity index (χ1) is 13.6. The van der Waals surface area contributed by atoms with Crippen LogP contribution in [0, 0.1) is 12.7 Å². The molecule has 7 heteroatoms. The van der Waals surface area contributed by atoms with Crippen LogP contribution in [-0.4, -0.2) is 33.3 Å². The molecule has 0 aromatic heterocycles. The highest BCUT2D eigenvalue weighted by Gasteiger charge is 2.05. The quantitative estimate of drug-likeness (QED) is 0.299. The second-order valence-corrected chi connectivity index (χ2v) is 6.53. The Labute approximate surface area is 190 Å². The van der Waals surface area contributed by atoms with Crippen molar-refractivity contribution < 1.29 is 13.9 Å². The summed E-state index contributed by atoms with van der Waals surface area (Å²) in [5.41, 5.74) is 3.81. The third kappa shape index (κ3) is 8.18. The molecule has 0 aliphatic heterocycles. The van der Waals surface area contributed by atoms with Crippen molar-refractivity contribution in [3.8, 4) is 5.75 Å². The van der Waals surface area contributed by atoms with Crippen molar-refractivity contribution in [2.24, 2.45) is 4.99 Å². The first-order valence-electron chi connectivity index (χ1n) is 9.49. The molecule has 0 spiro atoms. The molecule has 2 aromatic carbocycles. The summed E-state index contributed by atoms with van der Waals surface area (Å²) < 4.78 is 24.2. The molecule has 0 unspecified atom stereocenters. The molecule has 0 bridgehead atoms. The number of ether oxygens (including phenoxy) is 2. The van der Waals surface area contributed by atoms with Crippen LogP contribution in [0.4, 0.5) is 4.39 Å². The zero-order valence-electron chi connectivity index (χ0n) is 17.5. The van der Waals surface area contributed by atoms with Gasteiger partial charge >= 0.3 is 0 Å². The monoisotopic (exact) mass is 515 g/mol. The van der Waals surface area contributed by atoms with Crippen LogP contribution in [0.2, 0.25) is 0 Å². The Bertz CT molecular complexity index is 800. The summed E-state index contributed by atoms with van der Waals surface area (Å²) in [5, 5.41) is 6.58. The average molecular weight is 515 g/mol. The molecular weight excluding hydrogens is 484 g/mol. The maximum absolute atomic E-state index is 13.7. The minimum Gasteiger partial charge on any atom is -0.496 e. The van der Waals surface area contributed by atoms with Gasteiger partial charge in [-0.15, -0.1) is 24.0 Å². The fraction of sp³-hybridized carbons (Fsp3) is 0.409. The predicted molar refractivity (Wildman–Crippen MR) is 127 cm³/mol. The number of rotatable bonds is 9. The lowest BCUT2D eigenvalue weighted by molar-refractivity contribution is 0.181. The predicted octanol–water partition coefficient (Wildman–Crippen LogP) is 4.20. The van der Waals surface area contributed by atoms with E-state index in [2.05, 4.69) is 33.8 Å². The van der Waals surface area contributed by atoms with Gasteiger partial charge in [0, 0.05) is 25.8 Å². The Kier molecular flexibility index (Phi) is 11.6. The molecule has 2 rings (SSSR count). The molecule has 0 aliphatic carbocycles. The van der Waals surface area contributed by atoms with Gasteiger partial charge in [0.05, 0.1) is 20.3 Å². The average Bonchev–Trinajstić information content (AvgIpc) is 2.69. The number of aryl methyl sites for hydroxylation is 1. The van der Waals surface area contributed by atoms with Crippen LogP contribution in [0.15, 0.2) is 41.4 Å². The van der Waals surface area contributed by atoms with E-state index in [1.807, 2.05) is 13.8 Å². The number of halogens is 2. The lowest BCUT2D eigenvalue weighted by atomic mass is 10.1. The van der Waals surface area contributed by atoms with Crippen LogP contribution in [0.5, 0.6) is 5.75 Å². The van der Waals surface area contributed by atoms with Crippen molar-refractivity contribution in [2.45, 2.75) is 33.4 Å². The van der Waals surface area contributed by atoms with Crippen LogP contribution >= 0.6 is 24.0 Å². The third-order valence-corrected chi connectivity index (χ3v) is 4.35. The molecule has 0 saturated carbocycles. The smallest absolute Gasteiger partial charge is 0.191 e. The molecule has 29 heavy (non-hydrogen) atoms. The minimum atomic E-state index is -0.256. The number of benzene rings is 2. The van der Waals surface area contributed by atoms with E-state index in [0.29, 0.717) is 12.1 Å². The maximum atomic E-state index is 13.7. The van der Waals surface area contributed by atoms with E-state index in [4.69, 9.17) is 9.47 Å². The fourth-order valence-corrected chi connectivity index (χ4v) is 2.85. The molecule has 2 aromatic rings. The highest BCUT2D eigenvalue weighted by molar-refractivity contribution is 14.0. The standard InChI is InChI=1S/C22H30FN3O2.HI/c1-5-24-22(25-11-10-17-7-6-16(2)21(13-17)28-4)26-14-18-8-9-20(23)19(12-18)15-27-3;/h6-9,12-13H,5,10-11,14-15H2,1-4H3,(H2,24,25,26);1H. The van der Waals surface area contributed by atoms with Crippen molar-refractivity contribution in [1.82, 2.24) is 10.6 Å². The van der Waals surface area contributed by atoms with E-state index >= 15 is 0 Å². The van der Waals surface area contributed by atoms with Gasteiger partial charge in [0.1, 0.15) is 11.6 Å². The Morgan fingerprint density at radius 2 is 1.83 bits per heavy atom. The lowest BCUT2D eigenvalue weighted by Gasteiger charge is -2.12. The van der Waals surface area contributed by atoms with Crippen LogP contribution in [0.3, 0.4) is 0 Å². The lowest BCUT2D eigenvalue weighted by Crippen LogP contribution is -2.38. The largest absolute Gasteiger partial charge is 0.496 e. The van der Waals surface area contributed by atoms with Crippen molar-refractivity contribution in [1.29, 1.82) is 0 Å². The van der Waals surface area contributed by atoms with Gasteiger partial charge in [-0.05, 0) is 55.2 Å². The third-order valence-electron chi connectivity index (χ3n) is 4.35. The van der Waals surface area contributed by atoms with E-state index in [1.165, 1.54) is 11.6 Å². The number of hydrogen-bond donors (Lipinski definition) is 2. The summed E-state index contributed by atoms with van der Waals surface area (Å²) in [4.78, 5) is 4.60. The van der Waals surface area contributed by atoms with Crippen LogP contribution in [-0.2, 0) is 24.3 Å². The van der Waals surface area contributed by atoms with Gasteiger partial charge in [-0.25, -0.2) is 9.38 Å². The number of hydrogen-bond acceptors (Lipinski definition) is 3. The van der Waals surface area contributed by atoms with Gasteiger partial charge in [0.25, 0.3) is 0 Å². The van der Waals surface area contributed by atoms with Crippen molar-refractivity contribution in [2.75, 3.05) is 27.3 Å². The number of nitrogens with one attached hydrogen (secondary N) is 2. The van der Waals surface area contributed by atoms with Crippen LogP contribution < -0.4 is 15.4 Å². The first kappa shape index (κ1) is 25.2. The van der Waals surface area contributed by atoms with Gasteiger partial charge < -0.3 is 20.1 Å². The molecule has 0 amide bonds. The Hall–Kier alpha value is -1.87. The second-order valence-electron chi connectivity index (χ2n) is 6.53. The van der Waals surface area contributed by atoms with Crippen molar-refractivity contribution >= 4 is 29.9 Å². The van der Waals surface area contributed by atoms with Gasteiger partial charge in [-0.2, -0.15) is 0 Å². The fourth-order valence-electron chi connectivity index (χ4n) is 2.85. The summed E-state index contributed by atoms with van der Waals surface area (Å²) in [7, 11) is 3.24. The topological polar surface area (TPSA) is 54.9 Å². The number of guanidine groups is 1. The number of aliphatic imine (C=N–C) groups is 1. The summed E-state index contributed by atoms with van der Waals surface area (Å²) in [6.07, 6.45) is 0.857. The van der Waals surface area contributed by atoms with E-state index in [-0.39, 0.29) is 36.4 Å². The van der Waals surface area contributed by atoms with E-state index < -0.39 is 0 Å². The molecule has 0 fully saturated rings. The van der Waals surface area contributed by atoms with Gasteiger partial charge in [0.2, 0.25) is 0 Å². The molecule has 2 N–H and O–H groups in total. The molecule has 5 nitrogen and oxygen atoms in total. The van der Waals surface area contributed by atoms with E-state index in [1.54, 1.807) is 26.4 Å². The molecule has 0 saturated heterocycles. The normalized spacial score (nSPS) is 11.0. The summed E-state index contributed by atoms with van der Waals surface area (Å²) >= 11 is 0. The van der Waals surface area contributed by atoms with E-state index in [9.17, 15) is 4.39 Å². The van der Waals surface area contributed by atoms with Gasteiger partial charge in [-0.1, -0.05) is 18.2 Å². The Balaban J connectivity index is 0.00000420. The van der Waals surface area contributed by atoms with Crippen LogP contribution in [0.1, 0.15) is 29.2 Å². The molecule has 160 valence electrons. The zero-order chi connectivity index (χ0) is 20.4. The number of methoxy groups -OCH3 is 2. The van der Waals surface area contributed by atoms with Crippen molar-refractivity contribution in [3.05, 3.63) is 64.5 Å². The SMILES string of the molecule is CCNC(=NCc1ccc(F)c(COC)c1)NCCc1ccc(C)c(OC)c1.I. The summed E-state index contributed by atoms with van der Waals surface area (Å²) in [6.45, 7) is 6.28. The second kappa shape index (κ2) is 13.4. The highest BCUT2D eigenvalue weighted by Crippen LogP contribution is 2.19. The molecular formula is C22H31FIN3O2. The van der Waals surface area contributed by atoms with Crippen LogP contribution in [0.25, 0.3) is 0 Å². The van der Waals surface area contributed by atoms with Crippen molar-refractivity contribution in [3.63, 3.8) is 0 Å². The molecule has 0 aliphatic rings. The molecule has 0 radical (unpaired) electrons. The Morgan fingerprint density at radius 1 is 1.07 bits per heavy atom. The number of nitrogens with zero attached hydrogens (tertiary/aromatic N) is 1. The van der Waals surface area contributed by atoms with Gasteiger partial charge in [-0.3, -0.25) is 0 Å². The van der Waals surface area contributed by atoms with E-state index in [0.717, 1.165) is 42.3 Å².